The van der Waals surface area contributed by atoms with Gasteiger partial charge in [0.15, 0.2) is 0 Å². The number of nitrogens with zero attached hydrogens (tertiary/aromatic N) is 3. The summed E-state index contributed by atoms with van der Waals surface area (Å²) in [6, 6.07) is -1.44. The van der Waals surface area contributed by atoms with Gasteiger partial charge in [-0.25, -0.2) is 4.79 Å². The van der Waals surface area contributed by atoms with Crippen molar-refractivity contribution in [3.8, 4) is 0 Å². The van der Waals surface area contributed by atoms with Crippen LogP contribution < -0.4 is 5.32 Å². The molecule has 8 nitrogen and oxygen atoms in total. The molecule has 25 heavy (non-hydrogen) atoms. The molecule has 0 saturated carbocycles. The van der Waals surface area contributed by atoms with Crippen LogP contribution in [0.4, 0.5) is 0 Å². The van der Waals surface area contributed by atoms with Crippen molar-refractivity contribution in [2.24, 2.45) is 13.0 Å². The van der Waals surface area contributed by atoms with E-state index in [4.69, 9.17) is 0 Å². The Kier molecular flexibility index (Phi) is 5.95. The minimum absolute atomic E-state index is 0.0402. The van der Waals surface area contributed by atoms with Gasteiger partial charge in [0.05, 0.1) is 18.2 Å². The summed E-state index contributed by atoms with van der Waals surface area (Å²) in [5.74, 6) is -1.99. The summed E-state index contributed by atoms with van der Waals surface area (Å²) in [7, 11) is 3.43. The zero-order valence-electron chi connectivity index (χ0n) is 14.7. The van der Waals surface area contributed by atoms with Gasteiger partial charge in [0.1, 0.15) is 6.04 Å². The van der Waals surface area contributed by atoms with E-state index in [1.165, 1.54) is 0 Å². The molecule has 1 aliphatic rings. The maximum Gasteiger partial charge on any atom is 0.326 e. The Morgan fingerprint density at radius 3 is 2.76 bits per heavy atom. The van der Waals surface area contributed by atoms with Crippen molar-refractivity contribution >= 4 is 17.8 Å². The van der Waals surface area contributed by atoms with Crippen molar-refractivity contribution in [2.45, 2.75) is 38.3 Å². The average molecular weight is 348 g/mol. The van der Waals surface area contributed by atoms with Crippen molar-refractivity contribution in [3.05, 3.63) is 30.1 Å². The molecule has 3 unspecified atom stereocenters. The molecule has 1 aliphatic heterocycles. The fourth-order valence-electron chi connectivity index (χ4n) is 3.13. The van der Waals surface area contributed by atoms with E-state index < -0.39 is 24.0 Å². The van der Waals surface area contributed by atoms with Gasteiger partial charge in [0.2, 0.25) is 11.8 Å². The fourth-order valence-corrected chi connectivity index (χ4v) is 3.13. The number of piperidine rings is 1. The number of aliphatic carboxylic acids is 1. The molecule has 1 fully saturated rings. The number of amides is 2. The topological polar surface area (TPSA) is 105 Å². The van der Waals surface area contributed by atoms with E-state index in [1.807, 2.05) is 0 Å². The number of aromatic nitrogens is 2. The third-order valence-corrected chi connectivity index (χ3v) is 4.49. The van der Waals surface area contributed by atoms with Crippen LogP contribution in [-0.4, -0.2) is 50.7 Å². The van der Waals surface area contributed by atoms with Crippen molar-refractivity contribution in [2.75, 3.05) is 7.05 Å². The van der Waals surface area contributed by atoms with E-state index in [9.17, 15) is 19.5 Å². The molecule has 1 saturated heterocycles. The molecule has 136 valence electrons. The van der Waals surface area contributed by atoms with Gasteiger partial charge in [0.25, 0.3) is 0 Å². The number of allylic oxidation sites excluding steroid dienone is 1. The van der Waals surface area contributed by atoms with Crippen LogP contribution >= 0.6 is 0 Å². The lowest BCUT2D eigenvalue weighted by Crippen LogP contribution is -2.50. The van der Waals surface area contributed by atoms with Gasteiger partial charge in [0, 0.05) is 32.3 Å². The summed E-state index contributed by atoms with van der Waals surface area (Å²) in [6.45, 7) is 1.79. The van der Waals surface area contributed by atoms with E-state index in [0.717, 1.165) is 5.56 Å². The molecule has 0 radical (unpaired) electrons. The van der Waals surface area contributed by atoms with Gasteiger partial charge >= 0.3 is 5.97 Å². The smallest absolute Gasteiger partial charge is 0.326 e. The Bertz CT molecular complexity index is 682. The summed E-state index contributed by atoms with van der Waals surface area (Å²) in [5.41, 5.74) is 0.763. The highest BCUT2D eigenvalue weighted by molar-refractivity contribution is 5.88. The van der Waals surface area contributed by atoms with E-state index in [2.05, 4.69) is 10.4 Å². The summed E-state index contributed by atoms with van der Waals surface area (Å²) in [4.78, 5) is 37.8. The van der Waals surface area contributed by atoms with Crippen LogP contribution in [0.15, 0.2) is 24.5 Å². The molecule has 2 heterocycles. The number of hydrogen-bond acceptors (Lipinski definition) is 4. The number of carboxylic acid groups (broad SMARTS) is 1. The third kappa shape index (κ3) is 4.26. The third-order valence-electron chi connectivity index (χ3n) is 4.49. The molecule has 1 aromatic heterocycles. The van der Waals surface area contributed by atoms with Crippen LogP contribution in [-0.2, 0) is 21.4 Å². The van der Waals surface area contributed by atoms with Crippen LogP contribution in [0.3, 0.4) is 0 Å². The highest BCUT2D eigenvalue weighted by Crippen LogP contribution is 2.35. The van der Waals surface area contributed by atoms with E-state index in [0.29, 0.717) is 6.42 Å². The van der Waals surface area contributed by atoms with Crippen LogP contribution in [0.1, 0.15) is 37.8 Å². The Hall–Kier alpha value is -2.64. The highest BCUT2D eigenvalue weighted by Gasteiger charge is 2.40. The predicted molar refractivity (Wildman–Crippen MR) is 90.4 cm³/mol. The lowest BCUT2D eigenvalue weighted by atomic mass is 9.85. The Morgan fingerprint density at radius 1 is 1.48 bits per heavy atom. The molecule has 2 rings (SSSR count). The minimum atomic E-state index is -1.08. The zero-order chi connectivity index (χ0) is 18.6. The second-order valence-electron chi connectivity index (χ2n) is 6.25. The Labute approximate surface area is 146 Å². The second-order valence-corrected chi connectivity index (χ2v) is 6.25. The van der Waals surface area contributed by atoms with Crippen LogP contribution in [0.2, 0.25) is 0 Å². The molecule has 8 heteroatoms. The largest absolute Gasteiger partial charge is 0.480 e. The van der Waals surface area contributed by atoms with Gasteiger partial charge in [-0.15, -0.1) is 0 Å². The first kappa shape index (κ1) is 18.7. The van der Waals surface area contributed by atoms with Gasteiger partial charge < -0.3 is 15.3 Å². The lowest BCUT2D eigenvalue weighted by Gasteiger charge is -2.38. The average Bonchev–Trinajstić information content (AvgIpc) is 2.99. The number of carbonyl (C=O) groups excluding carboxylic acids is 2. The zero-order valence-corrected chi connectivity index (χ0v) is 14.7. The number of carbonyl (C=O) groups is 3. The van der Waals surface area contributed by atoms with E-state index in [1.54, 1.807) is 55.1 Å². The van der Waals surface area contributed by atoms with Crippen LogP contribution in [0, 0.1) is 5.92 Å². The molecule has 2 N–H and O–H groups in total. The Morgan fingerprint density at radius 2 is 2.20 bits per heavy atom. The van der Waals surface area contributed by atoms with Gasteiger partial charge in [-0.3, -0.25) is 14.3 Å². The lowest BCUT2D eigenvalue weighted by molar-refractivity contribution is -0.146. The first-order valence-corrected chi connectivity index (χ1v) is 8.23. The first-order chi connectivity index (χ1) is 11.8. The van der Waals surface area contributed by atoms with E-state index in [-0.39, 0.29) is 24.7 Å². The quantitative estimate of drug-likeness (QED) is 0.742. The number of carboxylic acids is 1. The second kappa shape index (κ2) is 7.96. The van der Waals surface area contributed by atoms with Crippen molar-refractivity contribution in [1.29, 1.82) is 0 Å². The number of hydrogen-bond donors (Lipinski definition) is 2. The molecule has 3 atom stereocenters. The van der Waals surface area contributed by atoms with Gasteiger partial charge in [-0.2, -0.15) is 5.10 Å². The van der Waals surface area contributed by atoms with Gasteiger partial charge in [-0.1, -0.05) is 12.2 Å². The highest BCUT2D eigenvalue weighted by atomic mass is 16.4. The molecule has 0 spiro atoms. The van der Waals surface area contributed by atoms with Crippen molar-refractivity contribution in [3.63, 3.8) is 0 Å². The fraction of sp³-hybridized carbons (Fsp3) is 0.529. The minimum Gasteiger partial charge on any atom is -0.480 e. The molecular formula is C17H24N4O4. The number of nitrogens with one attached hydrogen (secondary N) is 1. The summed E-state index contributed by atoms with van der Waals surface area (Å²) >= 11 is 0. The van der Waals surface area contributed by atoms with Gasteiger partial charge in [-0.05, 0) is 19.8 Å². The first-order valence-electron chi connectivity index (χ1n) is 8.23. The van der Waals surface area contributed by atoms with Crippen molar-refractivity contribution in [1.82, 2.24) is 20.0 Å². The number of rotatable bonds is 6. The molecular weight excluding hydrogens is 324 g/mol. The molecule has 0 aliphatic carbocycles. The standard InChI is InChI=1S/C17H24N4O4/c1-4-5-6-13(17(24)25)19-16(23)12-7-8-14(22)21(3)15(12)11-9-18-20(2)10-11/h4-5,9-10,12-13,15H,6-8H2,1-3H3,(H,19,23)(H,24,25)/b5-4+. The maximum absolute atomic E-state index is 12.8. The molecule has 0 bridgehead atoms. The summed E-state index contributed by atoms with van der Waals surface area (Å²) in [6.07, 6.45) is 7.71. The Balaban J connectivity index is 2.22. The molecule has 0 aromatic carbocycles. The SMILES string of the molecule is C/C=C/CC(NC(=O)C1CCC(=O)N(C)C1c1cnn(C)c1)C(=O)O. The maximum atomic E-state index is 12.8. The van der Waals surface area contributed by atoms with E-state index >= 15 is 0 Å². The predicted octanol–water partition coefficient (Wildman–Crippen LogP) is 0.865. The molecule has 2 amide bonds. The summed E-state index contributed by atoms with van der Waals surface area (Å²) < 4.78 is 1.61. The molecule has 1 aromatic rings. The van der Waals surface area contributed by atoms with Crippen molar-refractivity contribution < 1.29 is 19.5 Å². The normalized spacial score (nSPS) is 22.2. The monoisotopic (exact) mass is 348 g/mol. The number of likely N-dealkylation sites (tertiary alicyclic amines) is 1. The summed E-state index contributed by atoms with van der Waals surface area (Å²) in [5, 5.41) is 16.0. The number of aryl methyl sites for hydroxylation is 1. The van der Waals surface area contributed by atoms with Crippen LogP contribution in [0.5, 0.6) is 0 Å². The van der Waals surface area contributed by atoms with Crippen LogP contribution in [0.25, 0.3) is 0 Å².